The Balaban J connectivity index is 2.26. The predicted octanol–water partition coefficient (Wildman–Crippen LogP) is 4.94. The summed E-state index contributed by atoms with van der Waals surface area (Å²) in [5.74, 6) is 1.83. The van der Waals surface area contributed by atoms with Crippen molar-refractivity contribution >= 4 is 0 Å². The van der Waals surface area contributed by atoms with Gasteiger partial charge in [0.15, 0.2) is 0 Å². The minimum absolute atomic E-state index is 0.307. The molecule has 0 aliphatic heterocycles. The Hall–Kier alpha value is -0.980. The smallest absolute Gasteiger partial charge is 0.122 e. The van der Waals surface area contributed by atoms with Gasteiger partial charge in [0, 0.05) is 0 Å². The molecule has 0 saturated heterocycles. The first kappa shape index (κ1) is 13.5. The molecule has 18 heavy (non-hydrogen) atoms. The molecular formula is C17H26O. The molecular weight excluding hydrogens is 220 g/mol. The second-order valence-electron chi connectivity index (χ2n) is 6.79. The van der Waals surface area contributed by atoms with Crippen molar-refractivity contribution in [3.05, 3.63) is 29.3 Å². The first-order valence-electron chi connectivity index (χ1n) is 7.16. The molecule has 0 radical (unpaired) electrons. The lowest BCUT2D eigenvalue weighted by Crippen LogP contribution is -2.10. The van der Waals surface area contributed by atoms with Crippen molar-refractivity contribution in [3.63, 3.8) is 0 Å². The van der Waals surface area contributed by atoms with E-state index in [1.165, 1.54) is 36.8 Å². The van der Waals surface area contributed by atoms with Crippen LogP contribution in [0.1, 0.15) is 63.5 Å². The summed E-state index contributed by atoms with van der Waals surface area (Å²) >= 11 is 0. The average Bonchev–Trinajstić information content (AvgIpc) is 2.80. The summed E-state index contributed by atoms with van der Waals surface area (Å²) < 4.78 is 5.51. The van der Waals surface area contributed by atoms with Gasteiger partial charge in [0.1, 0.15) is 5.75 Å². The normalized spacial score (nSPS) is 17.1. The first-order valence-corrected chi connectivity index (χ1v) is 7.16. The third-order valence-corrected chi connectivity index (χ3v) is 3.85. The van der Waals surface area contributed by atoms with Crippen molar-refractivity contribution < 1.29 is 4.74 Å². The third-order valence-electron chi connectivity index (χ3n) is 3.85. The lowest BCUT2D eigenvalue weighted by molar-refractivity contribution is 0.378. The lowest BCUT2D eigenvalue weighted by atomic mass is 9.86. The largest absolute Gasteiger partial charge is 0.496 e. The van der Waals surface area contributed by atoms with Crippen LogP contribution in [0.3, 0.4) is 0 Å². The summed E-state index contributed by atoms with van der Waals surface area (Å²) in [5, 5.41) is 0. The van der Waals surface area contributed by atoms with Crippen molar-refractivity contribution in [1.29, 1.82) is 0 Å². The van der Waals surface area contributed by atoms with E-state index in [2.05, 4.69) is 39.0 Å². The molecule has 100 valence electrons. The van der Waals surface area contributed by atoms with Gasteiger partial charge in [-0.05, 0) is 47.8 Å². The minimum Gasteiger partial charge on any atom is -0.496 e. The van der Waals surface area contributed by atoms with E-state index in [9.17, 15) is 0 Å². The summed E-state index contributed by atoms with van der Waals surface area (Å²) in [6.07, 6.45) is 6.59. The van der Waals surface area contributed by atoms with Crippen LogP contribution in [0.25, 0.3) is 0 Å². The number of rotatable bonds is 3. The molecule has 0 spiro atoms. The zero-order valence-electron chi connectivity index (χ0n) is 12.3. The van der Waals surface area contributed by atoms with E-state index in [0.717, 1.165) is 18.1 Å². The van der Waals surface area contributed by atoms with Gasteiger partial charge in [0.25, 0.3) is 0 Å². The Kier molecular flexibility index (Phi) is 3.99. The molecule has 0 amide bonds. The van der Waals surface area contributed by atoms with E-state index in [0.29, 0.717) is 5.41 Å². The molecule has 0 aromatic heterocycles. The SMILES string of the molecule is COc1ccc(C2CCCC2)cc1CC(C)(C)C. The molecule has 0 N–H and O–H groups in total. The van der Waals surface area contributed by atoms with Crippen LogP contribution in [0.5, 0.6) is 5.75 Å². The van der Waals surface area contributed by atoms with Gasteiger partial charge < -0.3 is 4.74 Å². The maximum Gasteiger partial charge on any atom is 0.122 e. The molecule has 1 aliphatic carbocycles. The summed E-state index contributed by atoms with van der Waals surface area (Å²) in [6.45, 7) is 6.86. The molecule has 0 heterocycles. The number of hydrogen-bond acceptors (Lipinski definition) is 1. The van der Waals surface area contributed by atoms with Gasteiger partial charge in [-0.3, -0.25) is 0 Å². The minimum atomic E-state index is 0.307. The molecule has 1 aliphatic rings. The monoisotopic (exact) mass is 246 g/mol. The summed E-state index contributed by atoms with van der Waals surface area (Å²) in [6, 6.07) is 6.82. The molecule has 1 heteroatoms. The maximum atomic E-state index is 5.51. The Morgan fingerprint density at radius 2 is 1.83 bits per heavy atom. The third kappa shape index (κ3) is 3.28. The zero-order valence-corrected chi connectivity index (χ0v) is 12.3. The molecule has 1 aromatic rings. The van der Waals surface area contributed by atoms with Crippen LogP contribution in [0.4, 0.5) is 0 Å². The van der Waals surface area contributed by atoms with Gasteiger partial charge in [0.05, 0.1) is 7.11 Å². The van der Waals surface area contributed by atoms with Gasteiger partial charge in [-0.25, -0.2) is 0 Å². The fourth-order valence-corrected chi connectivity index (χ4v) is 3.02. The second kappa shape index (κ2) is 5.34. The number of methoxy groups -OCH3 is 1. The maximum absolute atomic E-state index is 5.51. The van der Waals surface area contributed by atoms with Crippen molar-refractivity contribution in [1.82, 2.24) is 0 Å². The van der Waals surface area contributed by atoms with Gasteiger partial charge in [0.2, 0.25) is 0 Å². The van der Waals surface area contributed by atoms with E-state index in [1.807, 2.05) is 0 Å². The van der Waals surface area contributed by atoms with Crippen LogP contribution < -0.4 is 4.74 Å². The Labute approximate surface area is 112 Å². The van der Waals surface area contributed by atoms with Crippen molar-refractivity contribution in [3.8, 4) is 5.75 Å². The standard InChI is InChI=1S/C17H26O/c1-17(2,3)12-15-11-14(9-10-16(15)18-4)13-7-5-6-8-13/h9-11,13H,5-8,12H2,1-4H3. The topological polar surface area (TPSA) is 9.23 Å². The Morgan fingerprint density at radius 3 is 2.39 bits per heavy atom. The Bertz CT molecular complexity index is 395. The van der Waals surface area contributed by atoms with Gasteiger partial charge in [-0.15, -0.1) is 0 Å². The van der Waals surface area contributed by atoms with Gasteiger partial charge in [-0.1, -0.05) is 45.7 Å². The highest BCUT2D eigenvalue weighted by atomic mass is 16.5. The highest BCUT2D eigenvalue weighted by Gasteiger charge is 2.20. The van der Waals surface area contributed by atoms with Crippen LogP contribution in [0.15, 0.2) is 18.2 Å². The molecule has 1 fully saturated rings. The molecule has 0 bridgehead atoms. The molecule has 1 nitrogen and oxygen atoms in total. The Morgan fingerprint density at radius 1 is 1.17 bits per heavy atom. The van der Waals surface area contributed by atoms with Crippen molar-refractivity contribution in [2.24, 2.45) is 5.41 Å². The fraction of sp³-hybridized carbons (Fsp3) is 0.647. The van der Waals surface area contributed by atoms with Crippen LogP contribution in [0, 0.1) is 5.41 Å². The lowest BCUT2D eigenvalue weighted by Gasteiger charge is -2.21. The van der Waals surface area contributed by atoms with E-state index in [1.54, 1.807) is 7.11 Å². The van der Waals surface area contributed by atoms with Crippen LogP contribution in [-0.4, -0.2) is 7.11 Å². The van der Waals surface area contributed by atoms with Gasteiger partial charge >= 0.3 is 0 Å². The van der Waals surface area contributed by atoms with Crippen LogP contribution in [0.2, 0.25) is 0 Å². The van der Waals surface area contributed by atoms with Gasteiger partial charge in [-0.2, -0.15) is 0 Å². The molecule has 1 aromatic carbocycles. The molecule has 2 rings (SSSR count). The highest BCUT2D eigenvalue weighted by molar-refractivity contribution is 5.39. The molecule has 0 atom stereocenters. The van der Waals surface area contributed by atoms with E-state index in [4.69, 9.17) is 4.74 Å². The number of hydrogen-bond donors (Lipinski definition) is 0. The van der Waals surface area contributed by atoms with Crippen LogP contribution >= 0.6 is 0 Å². The van der Waals surface area contributed by atoms with E-state index < -0.39 is 0 Å². The predicted molar refractivity (Wildman–Crippen MR) is 77.4 cm³/mol. The molecule has 0 unspecified atom stereocenters. The number of benzene rings is 1. The van der Waals surface area contributed by atoms with E-state index >= 15 is 0 Å². The summed E-state index contributed by atoms with van der Waals surface area (Å²) in [5.41, 5.74) is 3.20. The number of ether oxygens (including phenoxy) is 1. The fourth-order valence-electron chi connectivity index (χ4n) is 3.02. The highest BCUT2D eigenvalue weighted by Crippen LogP contribution is 2.37. The second-order valence-corrected chi connectivity index (χ2v) is 6.79. The van der Waals surface area contributed by atoms with Crippen LogP contribution in [-0.2, 0) is 6.42 Å². The van der Waals surface area contributed by atoms with Crippen molar-refractivity contribution in [2.75, 3.05) is 7.11 Å². The molecule has 1 saturated carbocycles. The zero-order chi connectivity index (χ0) is 13.2. The quantitative estimate of drug-likeness (QED) is 0.734. The van der Waals surface area contributed by atoms with Crippen molar-refractivity contribution in [2.45, 2.75) is 58.8 Å². The summed E-state index contributed by atoms with van der Waals surface area (Å²) in [4.78, 5) is 0. The first-order chi connectivity index (χ1) is 8.49. The summed E-state index contributed by atoms with van der Waals surface area (Å²) in [7, 11) is 1.77. The van der Waals surface area contributed by atoms with E-state index in [-0.39, 0.29) is 0 Å². The average molecular weight is 246 g/mol.